The molecule has 0 aromatic rings. The van der Waals surface area contributed by atoms with Gasteiger partial charge in [0.05, 0.1) is 6.10 Å². The van der Waals surface area contributed by atoms with Gasteiger partial charge in [0, 0.05) is 0 Å². The van der Waals surface area contributed by atoms with E-state index in [1.807, 2.05) is 0 Å². The van der Waals surface area contributed by atoms with Crippen LogP contribution in [-0.4, -0.2) is 28.4 Å². The van der Waals surface area contributed by atoms with Gasteiger partial charge in [0.2, 0.25) is 0 Å². The molecule has 0 aromatic heterocycles. The molecule has 0 aromatic carbocycles. The molecule has 0 heterocycles. The van der Waals surface area contributed by atoms with Crippen LogP contribution in [0.1, 0.15) is 19.8 Å². The predicted molar refractivity (Wildman–Crippen MR) is 40.2 cm³/mol. The summed E-state index contributed by atoms with van der Waals surface area (Å²) in [5.41, 5.74) is 0. The zero-order valence-electron chi connectivity index (χ0n) is 6.07. The Balaban J connectivity index is 3.19. The van der Waals surface area contributed by atoms with Crippen LogP contribution in [-0.2, 0) is 0 Å². The quantitative estimate of drug-likeness (QED) is 0.475. The van der Waals surface area contributed by atoms with E-state index in [0.29, 0.717) is 12.8 Å². The number of rotatable bonds is 4. The molecule has 0 aliphatic heterocycles. The van der Waals surface area contributed by atoms with Crippen molar-refractivity contribution in [2.75, 3.05) is 0 Å². The Morgan fingerprint density at radius 2 is 2.10 bits per heavy atom. The average Bonchev–Trinajstić information content (AvgIpc) is 1.79. The summed E-state index contributed by atoms with van der Waals surface area (Å²) < 4.78 is 0. The first-order valence-corrected chi connectivity index (χ1v) is 3.34. The number of hydrogen-bond acceptors (Lipinski definition) is 3. The van der Waals surface area contributed by atoms with Crippen LogP contribution in [0.4, 0.5) is 0 Å². The molecule has 0 rings (SSSR count). The summed E-state index contributed by atoms with van der Waals surface area (Å²) in [5, 5.41) is 25.4. The van der Waals surface area contributed by atoms with E-state index in [0.717, 1.165) is 0 Å². The standard InChI is InChI=1S/C6H13BO3/c1-6(8)4-2-3-5-7(9)10/h3,5-6,8-10H,2,4H2,1H3/b5-3+. The maximum absolute atomic E-state index is 8.76. The molecule has 0 fully saturated rings. The van der Waals surface area contributed by atoms with E-state index in [1.165, 1.54) is 5.98 Å². The lowest BCUT2D eigenvalue weighted by Crippen LogP contribution is -2.05. The van der Waals surface area contributed by atoms with Crippen LogP contribution in [0.2, 0.25) is 0 Å². The van der Waals surface area contributed by atoms with Gasteiger partial charge < -0.3 is 15.2 Å². The third kappa shape index (κ3) is 7.68. The molecular formula is C6H13BO3. The smallest absolute Gasteiger partial charge is 0.424 e. The van der Waals surface area contributed by atoms with Crippen LogP contribution in [0.3, 0.4) is 0 Å². The van der Waals surface area contributed by atoms with E-state index in [4.69, 9.17) is 15.2 Å². The van der Waals surface area contributed by atoms with Crippen molar-refractivity contribution in [2.45, 2.75) is 25.9 Å². The third-order valence-electron chi connectivity index (χ3n) is 1.06. The molecule has 1 atom stereocenters. The first kappa shape index (κ1) is 9.68. The SMILES string of the molecule is CC(O)CC/C=C/B(O)O. The van der Waals surface area contributed by atoms with Gasteiger partial charge in [0.1, 0.15) is 0 Å². The molecule has 10 heavy (non-hydrogen) atoms. The minimum Gasteiger partial charge on any atom is -0.424 e. The summed E-state index contributed by atoms with van der Waals surface area (Å²) in [6.45, 7) is 1.70. The largest absolute Gasteiger partial charge is 0.480 e. The molecule has 0 bridgehead atoms. The van der Waals surface area contributed by atoms with Gasteiger partial charge in [0.15, 0.2) is 0 Å². The fourth-order valence-electron chi connectivity index (χ4n) is 0.555. The highest BCUT2D eigenvalue weighted by atomic mass is 16.4. The van der Waals surface area contributed by atoms with E-state index in [-0.39, 0.29) is 6.10 Å². The fourth-order valence-corrected chi connectivity index (χ4v) is 0.555. The fraction of sp³-hybridized carbons (Fsp3) is 0.667. The van der Waals surface area contributed by atoms with E-state index in [1.54, 1.807) is 13.0 Å². The summed E-state index contributed by atoms with van der Waals surface area (Å²) in [4.78, 5) is 0. The van der Waals surface area contributed by atoms with Gasteiger partial charge >= 0.3 is 7.12 Å². The number of hydrogen-bond donors (Lipinski definition) is 3. The highest BCUT2D eigenvalue weighted by molar-refractivity contribution is 6.47. The molecule has 0 saturated carbocycles. The van der Waals surface area contributed by atoms with E-state index >= 15 is 0 Å². The van der Waals surface area contributed by atoms with Crippen LogP contribution >= 0.6 is 0 Å². The second-order valence-corrected chi connectivity index (χ2v) is 2.27. The maximum Gasteiger partial charge on any atom is 0.480 e. The molecule has 4 heteroatoms. The van der Waals surface area contributed by atoms with Gasteiger partial charge in [-0.25, -0.2) is 0 Å². The monoisotopic (exact) mass is 144 g/mol. The number of aliphatic hydroxyl groups is 1. The molecule has 58 valence electrons. The summed E-state index contributed by atoms with van der Waals surface area (Å²) >= 11 is 0. The second-order valence-electron chi connectivity index (χ2n) is 2.27. The minimum absolute atomic E-state index is 0.319. The molecule has 0 spiro atoms. The van der Waals surface area contributed by atoms with Gasteiger partial charge in [-0.15, -0.1) is 0 Å². The Morgan fingerprint density at radius 1 is 1.50 bits per heavy atom. The van der Waals surface area contributed by atoms with Crippen LogP contribution in [0.15, 0.2) is 12.1 Å². The van der Waals surface area contributed by atoms with Crippen molar-refractivity contribution in [3.05, 3.63) is 12.1 Å². The Kier molecular flexibility index (Phi) is 5.30. The number of aliphatic hydroxyl groups excluding tert-OH is 1. The zero-order chi connectivity index (χ0) is 7.98. The topological polar surface area (TPSA) is 60.7 Å². The van der Waals surface area contributed by atoms with Crippen molar-refractivity contribution < 1.29 is 15.2 Å². The van der Waals surface area contributed by atoms with Gasteiger partial charge in [-0.05, 0) is 19.8 Å². The van der Waals surface area contributed by atoms with Gasteiger partial charge in [-0.3, -0.25) is 0 Å². The summed E-state index contributed by atoms with van der Waals surface area (Å²) in [5.74, 6) is 1.28. The van der Waals surface area contributed by atoms with E-state index in [2.05, 4.69) is 0 Å². The van der Waals surface area contributed by atoms with Crippen LogP contribution in [0.25, 0.3) is 0 Å². The van der Waals surface area contributed by atoms with Gasteiger partial charge in [0.25, 0.3) is 0 Å². The summed E-state index contributed by atoms with van der Waals surface area (Å²) in [7, 11) is -1.37. The molecule has 3 nitrogen and oxygen atoms in total. The first-order valence-electron chi connectivity index (χ1n) is 3.34. The summed E-state index contributed by atoms with van der Waals surface area (Å²) in [6.07, 6.45) is 2.65. The predicted octanol–water partition coefficient (Wildman–Crippen LogP) is -0.284. The van der Waals surface area contributed by atoms with Crippen molar-refractivity contribution in [2.24, 2.45) is 0 Å². The van der Waals surface area contributed by atoms with E-state index in [9.17, 15) is 0 Å². The van der Waals surface area contributed by atoms with Crippen molar-refractivity contribution in [1.82, 2.24) is 0 Å². The lowest BCUT2D eigenvalue weighted by molar-refractivity contribution is 0.186. The van der Waals surface area contributed by atoms with Crippen molar-refractivity contribution >= 4 is 7.12 Å². The molecule has 1 unspecified atom stereocenters. The number of allylic oxidation sites excluding steroid dienone is 1. The summed E-state index contributed by atoms with van der Waals surface area (Å²) in [6, 6.07) is 0. The highest BCUT2D eigenvalue weighted by Crippen LogP contribution is 1.96. The molecule has 0 aliphatic rings. The molecule has 0 amide bonds. The van der Waals surface area contributed by atoms with E-state index < -0.39 is 7.12 Å². The van der Waals surface area contributed by atoms with Crippen molar-refractivity contribution in [3.8, 4) is 0 Å². The molecular weight excluding hydrogens is 131 g/mol. The second kappa shape index (κ2) is 5.47. The van der Waals surface area contributed by atoms with Crippen LogP contribution in [0, 0.1) is 0 Å². The molecule has 0 radical (unpaired) electrons. The molecule has 0 saturated heterocycles. The van der Waals surface area contributed by atoms with Crippen molar-refractivity contribution in [1.29, 1.82) is 0 Å². The van der Waals surface area contributed by atoms with Gasteiger partial charge in [-0.1, -0.05) is 12.1 Å². The Bertz CT molecular complexity index is 101. The third-order valence-corrected chi connectivity index (χ3v) is 1.06. The first-order chi connectivity index (χ1) is 4.63. The Morgan fingerprint density at radius 3 is 2.50 bits per heavy atom. The highest BCUT2D eigenvalue weighted by Gasteiger charge is 1.97. The lowest BCUT2D eigenvalue weighted by Gasteiger charge is -1.97. The van der Waals surface area contributed by atoms with Crippen LogP contribution in [0.5, 0.6) is 0 Å². The minimum atomic E-state index is -1.37. The van der Waals surface area contributed by atoms with Gasteiger partial charge in [-0.2, -0.15) is 0 Å². The lowest BCUT2D eigenvalue weighted by atomic mass is 9.91. The average molecular weight is 144 g/mol. The van der Waals surface area contributed by atoms with Crippen LogP contribution < -0.4 is 0 Å². The van der Waals surface area contributed by atoms with Crippen molar-refractivity contribution in [3.63, 3.8) is 0 Å². The molecule has 3 N–H and O–H groups in total. The normalized spacial score (nSPS) is 14.0. The maximum atomic E-state index is 8.76. The zero-order valence-corrected chi connectivity index (χ0v) is 6.07. The Hall–Kier alpha value is -0.315. The molecule has 0 aliphatic carbocycles. The Labute approximate surface area is 61.1 Å².